The number of anilines is 1. The first-order chi connectivity index (χ1) is 14.0. The number of aryl methyl sites for hydroxylation is 1. The molecule has 0 atom stereocenters. The van der Waals surface area contributed by atoms with Gasteiger partial charge in [0, 0.05) is 22.7 Å². The molecular formula is C22H16ClN3O3. The van der Waals surface area contributed by atoms with Crippen LogP contribution >= 0.6 is 11.6 Å². The minimum absolute atomic E-state index is 0.0874. The third-order valence-corrected chi connectivity index (χ3v) is 4.80. The average molecular weight is 406 g/mol. The SMILES string of the molecule is Cc1cccc2cc(/C=C(\C#N)C(=O)Nc3ccc4c(c3)OCCO4)c(Cl)nc12. The van der Waals surface area contributed by atoms with Crippen LogP contribution in [0.2, 0.25) is 5.15 Å². The third kappa shape index (κ3) is 3.86. The van der Waals surface area contributed by atoms with E-state index in [0.717, 1.165) is 16.5 Å². The molecule has 2 heterocycles. The Morgan fingerprint density at radius 1 is 1.21 bits per heavy atom. The minimum atomic E-state index is -0.551. The van der Waals surface area contributed by atoms with Gasteiger partial charge in [0.1, 0.15) is 30.0 Å². The molecule has 1 amide bonds. The molecule has 0 unspecified atom stereocenters. The van der Waals surface area contributed by atoms with Crippen molar-refractivity contribution < 1.29 is 14.3 Å². The summed E-state index contributed by atoms with van der Waals surface area (Å²) < 4.78 is 11.0. The van der Waals surface area contributed by atoms with Crippen molar-refractivity contribution in [1.82, 2.24) is 4.98 Å². The van der Waals surface area contributed by atoms with Gasteiger partial charge in [-0.05, 0) is 36.8 Å². The Labute approximate surface area is 172 Å². The smallest absolute Gasteiger partial charge is 0.266 e. The lowest BCUT2D eigenvalue weighted by Crippen LogP contribution is -2.17. The highest BCUT2D eigenvalue weighted by molar-refractivity contribution is 6.31. The summed E-state index contributed by atoms with van der Waals surface area (Å²) in [4.78, 5) is 17.0. The van der Waals surface area contributed by atoms with Crippen LogP contribution in [0.15, 0.2) is 48.0 Å². The summed E-state index contributed by atoms with van der Waals surface area (Å²) in [6.45, 7) is 2.88. The van der Waals surface area contributed by atoms with Crippen LogP contribution < -0.4 is 14.8 Å². The zero-order chi connectivity index (χ0) is 20.4. The number of nitrogens with zero attached hydrogens (tertiary/aromatic N) is 2. The van der Waals surface area contributed by atoms with E-state index >= 15 is 0 Å². The lowest BCUT2D eigenvalue weighted by Gasteiger charge is -2.18. The Hall–Kier alpha value is -3.56. The monoisotopic (exact) mass is 405 g/mol. The Morgan fingerprint density at radius 3 is 2.79 bits per heavy atom. The molecule has 0 spiro atoms. The number of halogens is 1. The summed E-state index contributed by atoms with van der Waals surface area (Å²) in [6.07, 6.45) is 1.43. The van der Waals surface area contributed by atoms with Gasteiger partial charge in [-0.3, -0.25) is 4.79 Å². The number of carbonyl (C=O) groups is 1. The van der Waals surface area contributed by atoms with Crippen molar-refractivity contribution in [2.45, 2.75) is 6.92 Å². The molecule has 0 saturated heterocycles. The number of hydrogen-bond acceptors (Lipinski definition) is 5. The number of amides is 1. The molecule has 3 aromatic rings. The van der Waals surface area contributed by atoms with Gasteiger partial charge < -0.3 is 14.8 Å². The van der Waals surface area contributed by atoms with Crippen molar-refractivity contribution in [3.63, 3.8) is 0 Å². The topological polar surface area (TPSA) is 84.2 Å². The zero-order valence-electron chi connectivity index (χ0n) is 15.5. The van der Waals surface area contributed by atoms with Gasteiger partial charge >= 0.3 is 0 Å². The van der Waals surface area contributed by atoms with Crippen molar-refractivity contribution >= 4 is 40.2 Å². The average Bonchev–Trinajstić information content (AvgIpc) is 2.73. The minimum Gasteiger partial charge on any atom is -0.486 e. The maximum absolute atomic E-state index is 12.6. The van der Waals surface area contributed by atoms with Gasteiger partial charge in [-0.2, -0.15) is 5.26 Å². The predicted octanol–water partition coefficient (Wildman–Crippen LogP) is 4.51. The Morgan fingerprint density at radius 2 is 2.00 bits per heavy atom. The van der Waals surface area contributed by atoms with Crippen LogP contribution in [0.4, 0.5) is 5.69 Å². The quantitative estimate of drug-likeness (QED) is 0.393. The molecule has 1 aromatic heterocycles. The first kappa shape index (κ1) is 18.8. The maximum Gasteiger partial charge on any atom is 0.266 e. The van der Waals surface area contributed by atoms with E-state index < -0.39 is 5.91 Å². The molecule has 144 valence electrons. The number of nitrogens with one attached hydrogen (secondary N) is 1. The van der Waals surface area contributed by atoms with Crippen LogP contribution in [-0.2, 0) is 4.79 Å². The van der Waals surface area contributed by atoms with Crippen LogP contribution in [0.1, 0.15) is 11.1 Å². The summed E-state index contributed by atoms with van der Waals surface area (Å²) in [5.41, 5.74) is 2.69. The zero-order valence-corrected chi connectivity index (χ0v) is 16.3. The van der Waals surface area contributed by atoms with Crippen LogP contribution in [0.3, 0.4) is 0 Å². The molecule has 0 bridgehead atoms. The molecule has 2 aromatic carbocycles. The molecule has 7 heteroatoms. The molecule has 0 saturated carbocycles. The van der Waals surface area contributed by atoms with Gasteiger partial charge in [0.15, 0.2) is 11.5 Å². The van der Waals surface area contributed by atoms with Crippen LogP contribution in [-0.4, -0.2) is 24.1 Å². The first-order valence-corrected chi connectivity index (χ1v) is 9.31. The number of fused-ring (bicyclic) bond motifs is 2. The number of nitriles is 1. The van der Waals surface area contributed by atoms with Crippen LogP contribution in [0.5, 0.6) is 11.5 Å². The highest BCUT2D eigenvalue weighted by atomic mass is 35.5. The second kappa shape index (κ2) is 7.82. The molecule has 6 nitrogen and oxygen atoms in total. The Kier molecular flexibility index (Phi) is 5.07. The fraction of sp³-hybridized carbons (Fsp3) is 0.136. The van der Waals surface area contributed by atoms with E-state index in [0.29, 0.717) is 36.0 Å². The van der Waals surface area contributed by atoms with Gasteiger partial charge in [0.25, 0.3) is 5.91 Å². The van der Waals surface area contributed by atoms with Gasteiger partial charge in [0.2, 0.25) is 0 Å². The molecule has 1 N–H and O–H groups in total. The second-order valence-electron chi connectivity index (χ2n) is 6.50. The molecule has 29 heavy (non-hydrogen) atoms. The molecule has 1 aliphatic heterocycles. The summed E-state index contributed by atoms with van der Waals surface area (Å²) in [6, 6.07) is 14.6. The second-order valence-corrected chi connectivity index (χ2v) is 6.86. The normalized spacial score (nSPS) is 13.1. The van der Waals surface area contributed by atoms with Crippen LogP contribution in [0.25, 0.3) is 17.0 Å². The molecule has 0 fully saturated rings. The molecule has 0 radical (unpaired) electrons. The summed E-state index contributed by atoms with van der Waals surface area (Å²) >= 11 is 6.29. The number of pyridine rings is 1. The maximum atomic E-state index is 12.6. The highest BCUT2D eigenvalue weighted by Crippen LogP contribution is 2.33. The summed E-state index contributed by atoms with van der Waals surface area (Å²) in [5, 5.41) is 13.3. The van der Waals surface area contributed by atoms with Gasteiger partial charge in [-0.15, -0.1) is 0 Å². The van der Waals surface area contributed by atoms with E-state index in [-0.39, 0.29) is 10.7 Å². The van der Waals surface area contributed by atoms with Crippen molar-refractivity contribution in [3.05, 3.63) is 64.3 Å². The predicted molar refractivity (Wildman–Crippen MR) is 111 cm³/mol. The molecule has 0 aliphatic carbocycles. The fourth-order valence-corrected chi connectivity index (χ4v) is 3.26. The van der Waals surface area contributed by atoms with E-state index in [1.165, 1.54) is 6.08 Å². The van der Waals surface area contributed by atoms with E-state index in [2.05, 4.69) is 10.3 Å². The highest BCUT2D eigenvalue weighted by Gasteiger charge is 2.15. The van der Waals surface area contributed by atoms with E-state index in [1.54, 1.807) is 18.2 Å². The number of benzene rings is 2. The standard InChI is InChI=1S/C22H16ClN3O3/c1-13-3-2-4-14-9-15(21(23)26-20(13)14)10-16(12-24)22(27)25-17-5-6-18-19(11-17)29-8-7-28-18/h2-6,9-11H,7-8H2,1H3,(H,25,27)/b16-10+. The fourth-order valence-electron chi connectivity index (χ4n) is 3.07. The number of rotatable bonds is 3. The summed E-state index contributed by atoms with van der Waals surface area (Å²) in [7, 11) is 0. The number of para-hydroxylation sites is 1. The van der Waals surface area contributed by atoms with Crippen LogP contribution in [0, 0.1) is 18.3 Å². The van der Waals surface area contributed by atoms with Crippen molar-refractivity contribution in [1.29, 1.82) is 5.26 Å². The number of hydrogen-bond donors (Lipinski definition) is 1. The molecule has 4 rings (SSSR count). The number of ether oxygens (including phenoxy) is 2. The molecular weight excluding hydrogens is 390 g/mol. The van der Waals surface area contributed by atoms with Crippen molar-refractivity contribution in [2.75, 3.05) is 18.5 Å². The van der Waals surface area contributed by atoms with E-state index in [4.69, 9.17) is 21.1 Å². The Balaban J connectivity index is 1.62. The first-order valence-electron chi connectivity index (χ1n) is 8.94. The van der Waals surface area contributed by atoms with Gasteiger partial charge in [0.05, 0.1) is 5.52 Å². The van der Waals surface area contributed by atoms with Gasteiger partial charge in [-0.1, -0.05) is 29.8 Å². The number of carbonyl (C=O) groups excluding carboxylic acids is 1. The lowest BCUT2D eigenvalue weighted by atomic mass is 10.1. The van der Waals surface area contributed by atoms with Gasteiger partial charge in [-0.25, -0.2) is 4.98 Å². The van der Waals surface area contributed by atoms with Crippen molar-refractivity contribution in [3.8, 4) is 17.6 Å². The molecule has 1 aliphatic rings. The van der Waals surface area contributed by atoms with E-state index in [1.807, 2.05) is 37.3 Å². The third-order valence-electron chi connectivity index (χ3n) is 4.49. The number of aromatic nitrogens is 1. The van der Waals surface area contributed by atoms with E-state index in [9.17, 15) is 10.1 Å². The van der Waals surface area contributed by atoms with Crippen molar-refractivity contribution in [2.24, 2.45) is 0 Å². The lowest BCUT2D eigenvalue weighted by molar-refractivity contribution is -0.112. The Bertz CT molecular complexity index is 1200. The summed E-state index contributed by atoms with van der Waals surface area (Å²) in [5.74, 6) is 0.618. The largest absolute Gasteiger partial charge is 0.486 e.